The molecule has 0 aliphatic carbocycles. The Balaban J connectivity index is 1.72. The van der Waals surface area contributed by atoms with Crippen molar-refractivity contribution < 1.29 is 4.79 Å². The van der Waals surface area contributed by atoms with Crippen LogP contribution in [-0.4, -0.2) is 16.6 Å². The number of fused-ring (bicyclic) bond motifs is 1. The van der Waals surface area contributed by atoms with Gasteiger partial charge in [0, 0.05) is 16.0 Å². The summed E-state index contributed by atoms with van der Waals surface area (Å²) in [5.41, 5.74) is 7.22. The smallest absolute Gasteiger partial charge is 0.267 e. The lowest BCUT2D eigenvalue weighted by Gasteiger charge is -2.09. The van der Waals surface area contributed by atoms with E-state index in [4.69, 9.17) is 16.6 Å². The normalized spacial score (nSPS) is 11.4. The van der Waals surface area contributed by atoms with E-state index >= 15 is 0 Å². The van der Waals surface area contributed by atoms with Gasteiger partial charge in [0.2, 0.25) is 0 Å². The first-order valence-corrected chi connectivity index (χ1v) is 9.55. The molecule has 1 heterocycles. The summed E-state index contributed by atoms with van der Waals surface area (Å²) in [6, 6.07) is 26.5. The van der Waals surface area contributed by atoms with Crippen LogP contribution < -0.4 is 5.43 Å². The number of hydrogen-bond acceptors (Lipinski definition) is 3. The van der Waals surface area contributed by atoms with Crippen LogP contribution in [0.25, 0.3) is 22.2 Å². The third kappa shape index (κ3) is 4.18. The zero-order chi connectivity index (χ0) is 20.2. The van der Waals surface area contributed by atoms with Crippen molar-refractivity contribution in [1.82, 2.24) is 10.4 Å². The summed E-state index contributed by atoms with van der Waals surface area (Å²) in [5, 5.41) is 5.70. The first-order chi connectivity index (χ1) is 14.1. The van der Waals surface area contributed by atoms with E-state index in [-0.39, 0.29) is 5.91 Å². The first-order valence-electron chi connectivity index (χ1n) is 9.17. The molecule has 0 saturated carbocycles. The van der Waals surface area contributed by atoms with Crippen molar-refractivity contribution in [3.05, 3.63) is 101 Å². The predicted octanol–water partition coefficient (Wildman–Crippen LogP) is 5.71. The number of rotatable bonds is 4. The number of carbonyl (C=O) groups is 1. The minimum Gasteiger partial charge on any atom is -0.267 e. The second-order valence-electron chi connectivity index (χ2n) is 6.58. The van der Waals surface area contributed by atoms with Gasteiger partial charge in [-0.25, -0.2) is 10.4 Å². The number of pyridine rings is 1. The lowest BCUT2D eigenvalue weighted by Crippen LogP contribution is -2.20. The third-order valence-electron chi connectivity index (χ3n) is 4.62. The van der Waals surface area contributed by atoms with Gasteiger partial charge in [-0.3, -0.25) is 4.79 Å². The van der Waals surface area contributed by atoms with Crippen molar-refractivity contribution in [3.8, 4) is 11.3 Å². The maximum absolute atomic E-state index is 13.0. The second kappa shape index (κ2) is 8.25. The first kappa shape index (κ1) is 18.8. The van der Waals surface area contributed by atoms with E-state index in [0.29, 0.717) is 16.3 Å². The molecule has 4 rings (SSSR count). The molecule has 4 nitrogen and oxygen atoms in total. The molecule has 1 aromatic heterocycles. The minimum atomic E-state index is -0.283. The Morgan fingerprint density at radius 1 is 0.931 bits per heavy atom. The number of carbonyl (C=O) groups excluding carboxylic acids is 1. The van der Waals surface area contributed by atoms with Crippen molar-refractivity contribution in [2.75, 3.05) is 0 Å². The number of nitrogens with zero attached hydrogens (tertiary/aromatic N) is 2. The van der Waals surface area contributed by atoms with Gasteiger partial charge in [-0.2, -0.15) is 5.10 Å². The van der Waals surface area contributed by atoms with Crippen LogP contribution in [0.1, 0.15) is 22.8 Å². The van der Waals surface area contributed by atoms with Crippen molar-refractivity contribution >= 4 is 34.1 Å². The van der Waals surface area contributed by atoms with Gasteiger partial charge in [0.1, 0.15) is 0 Å². The van der Waals surface area contributed by atoms with Crippen LogP contribution in [0.5, 0.6) is 0 Å². The molecule has 1 amide bonds. The van der Waals surface area contributed by atoms with Crippen LogP contribution >= 0.6 is 11.6 Å². The maximum atomic E-state index is 13.0. The van der Waals surface area contributed by atoms with Crippen molar-refractivity contribution in [1.29, 1.82) is 0 Å². The van der Waals surface area contributed by atoms with E-state index < -0.39 is 0 Å². The largest absolute Gasteiger partial charge is 0.272 e. The Morgan fingerprint density at radius 2 is 1.62 bits per heavy atom. The number of amides is 1. The standard InChI is InChI=1S/C24H18ClN3O/c1-16(17-7-3-2-4-8-17)27-28-24(29)21-15-23(18-11-13-19(25)14-12-18)26-22-10-6-5-9-20(21)22/h2-15H,1H3,(H,28,29)/b27-16-. The number of para-hydroxylation sites is 1. The summed E-state index contributed by atoms with van der Waals surface area (Å²) in [6.45, 7) is 1.86. The molecular formula is C24H18ClN3O. The molecule has 0 fully saturated rings. The molecule has 29 heavy (non-hydrogen) atoms. The van der Waals surface area contributed by atoms with Crippen molar-refractivity contribution in [2.45, 2.75) is 6.92 Å². The molecule has 0 aliphatic heterocycles. The molecule has 0 unspecified atom stereocenters. The van der Waals surface area contributed by atoms with E-state index in [2.05, 4.69) is 10.5 Å². The highest BCUT2D eigenvalue weighted by Gasteiger charge is 2.14. The zero-order valence-corrected chi connectivity index (χ0v) is 16.5. The fourth-order valence-corrected chi connectivity index (χ4v) is 3.20. The lowest BCUT2D eigenvalue weighted by atomic mass is 10.0. The minimum absolute atomic E-state index is 0.283. The number of hydrogen-bond donors (Lipinski definition) is 1. The van der Waals surface area contributed by atoms with Gasteiger partial charge in [0.05, 0.1) is 22.5 Å². The lowest BCUT2D eigenvalue weighted by molar-refractivity contribution is 0.0956. The summed E-state index contributed by atoms with van der Waals surface area (Å²) in [6.07, 6.45) is 0. The average molecular weight is 400 g/mol. The summed E-state index contributed by atoms with van der Waals surface area (Å²) in [4.78, 5) is 17.7. The molecule has 0 saturated heterocycles. The van der Waals surface area contributed by atoms with Gasteiger partial charge < -0.3 is 0 Å². The fourth-order valence-electron chi connectivity index (χ4n) is 3.07. The molecule has 0 spiro atoms. The monoisotopic (exact) mass is 399 g/mol. The summed E-state index contributed by atoms with van der Waals surface area (Å²) in [7, 11) is 0. The van der Waals surface area contributed by atoms with E-state index in [1.54, 1.807) is 18.2 Å². The number of hydrazone groups is 1. The van der Waals surface area contributed by atoms with Crippen LogP contribution in [0.15, 0.2) is 90.0 Å². The number of benzene rings is 3. The van der Waals surface area contributed by atoms with Gasteiger partial charge >= 0.3 is 0 Å². The van der Waals surface area contributed by atoms with Gasteiger partial charge in [-0.05, 0) is 36.8 Å². The highest BCUT2D eigenvalue weighted by Crippen LogP contribution is 2.26. The number of nitrogens with one attached hydrogen (secondary N) is 1. The van der Waals surface area contributed by atoms with E-state index in [9.17, 15) is 4.79 Å². The van der Waals surface area contributed by atoms with Gasteiger partial charge in [0.25, 0.3) is 5.91 Å². The quantitative estimate of drug-likeness (QED) is 0.353. The highest BCUT2D eigenvalue weighted by molar-refractivity contribution is 6.30. The van der Waals surface area contributed by atoms with E-state index in [1.165, 1.54) is 0 Å². The maximum Gasteiger partial charge on any atom is 0.272 e. The summed E-state index contributed by atoms with van der Waals surface area (Å²) < 4.78 is 0. The van der Waals surface area contributed by atoms with E-state index in [1.807, 2.05) is 73.7 Å². The molecule has 0 atom stereocenters. The van der Waals surface area contributed by atoms with Crippen LogP contribution in [0, 0.1) is 0 Å². The molecule has 5 heteroatoms. The van der Waals surface area contributed by atoms with Crippen molar-refractivity contribution in [2.24, 2.45) is 5.10 Å². The fraction of sp³-hybridized carbons (Fsp3) is 0.0417. The molecule has 3 aromatic carbocycles. The Bertz CT molecular complexity index is 1200. The number of aromatic nitrogens is 1. The molecule has 0 radical (unpaired) electrons. The van der Waals surface area contributed by atoms with Gasteiger partial charge in [0.15, 0.2) is 0 Å². The third-order valence-corrected chi connectivity index (χ3v) is 4.87. The van der Waals surface area contributed by atoms with Crippen molar-refractivity contribution in [3.63, 3.8) is 0 Å². The van der Waals surface area contributed by atoms with Gasteiger partial charge in [-0.1, -0.05) is 72.3 Å². The molecule has 4 aromatic rings. The van der Waals surface area contributed by atoms with E-state index in [0.717, 1.165) is 27.7 Å². The average Bonchev–Trinajstić information content (AvgIpc) is 2.77. The molecular weight excluding hydrogens is 382 g/mol. The molecule has 0 bridgehead atoms. The SMILES string of the molecule is C/C(=N/NC(=O)c1cc(-c2ccc(Cl)cc2)nc2ccccc12)c1ccccc1. The van der Waals surface area contributed by atoms with Crippen LogP contribution in [0.4, 0.5) is 0 Å². The van der Waals surface area contributed by atoms with Crippen LogP contribution in [-0.2, 0) is 0 Å². The Kier molecular flexibility index (Phi) is 5.36. The number of halogens is 1. The predicted molar refractivity (Wildman–Crippen MR) is 118 cm³/mol. The zero-order valence-electron chi connectivity index (χ0n) is 15.8. The Hall–Kier alpha value is -3.50. The highest BCUT2D eigenvalue weighted by atomic mass is 35.5. The van der Waals surface area contributed by atoms with Crippen LogP contribution in [0.2, 0.25) is 5.02 Å². The summed E-state index contributed by atoms with van der Waals surface area (Å²) in [5.74, 6) is -0.283. The summed E-state index contributed by atoms with van der Waals surface area (Å²) >= 11 is 6.00. The van der Waals surface area contributed by atoms with Gasteiger partial charge in [-0.15, -0.1) is 0 Å². The van der Waals surface area contributed by atoms with Crippen LogP contribution in [0.3, 0.4) is 0 Å². The molecule has 0 aliphatic rings. The molecule has 1 N–H and O–H groups in total. The second-order valence-corrected chi connectivity index (χ2v) is 7.02. The molecule has 142 valence electrons. The Morgan fingerprint density at radius 3 is 2.38 bits per heavy atom. The Labute approximate surface area is 173 Å². The topological polar surface area (TPSA) is 54.4 Å².